The van der Waals surface area contributed by atoms with Crippen LogP contribution in [0.3, 0.4) is 0 Å². The lowest BCUT2D eigenvalue weighted by Crippen LogP contribution is -1.94. The van der Waals surface area contributed by atoms with E-state index in [9.17, 15) is 0 Å². The van der Waals surface area contributed by atoms with Crippen LogP contribution in [0.25, 0.3) is 0 Å². The molecule has 1 atom stereocenters. The van der Waals surface area contributed by atoms with Gasteiger partial charge in [0, 0.05) is 17.2 Å². The highest BCUT2D eigenvalue weighted by Crippen LogP contribution is 2.39. The molecule has 0 saturated heterocycles. The molecule has 0 aliphatic heterocycles. The molecule has 0 fully saturated rings. The third-order valence-corrected chi connectivity index (χ3v) is 4.52. The molecule has 1 nitrogen and oxygen atoms in total. The van der Waals surface area contributed by atoms with E-state index in [4.69, 9.17) is 23.2 Å². The van der Waals surface area contributed by atoms with Crippen molar-refractivity contribution in [3.63, 3.8) is 0 Å². The monoisotopic (exact) mass is 335 g/mol. The first kappa shape index (κ1) is 12.4. The number of thiophene rings is 1. The van der Waals surface area contributed by atoms with Crippen molar-refractivity contribution in [3.05, 3.63) is 50.4 Å². The molecule has 0 radical (unpaired) electrons. The molecule has 0 saturated carbocycles. The van der Waals surface area contributed by atoms with E-state index in [-0.39, 0.29) is 4.83 Å². The van der Waals surface area contributed by atoms with Crippen LogP contribution in [0.4, 0.5) is 0 Å². The minimum Gasteiger partial charge on any atom is -0.265 e. The largest absolute Gasteiger partial charge is 0.265 e. The van der Waals surface area contributed by atoms with Gasteiger partial charge in [-0.2, -0.15) is 0 Å². The van der Waals surface area contributed by atoms with E-state index in [1.807, 2.05) is 18.2 Å². The van der Waals surface area contributed by atoms with Gasteiger partial charge in [-0.15, -0.1) is 11.3 Å². The maximum Gasteiger partial charge on any atom is 0.0987 e. The summed E-state index contributed by atoms with van der Waals surface area (Å²) in [5, 5.41) is 0. The summed E-state index contributed by atoms with van der Waals surface area (Å²) < 4.78 is 1.47. The summed E-state index contributed by atoms with van der Waals surface area (Å²) in [5.41, 5.74) is 2.27. The van der Waals surface area contributed by atoms with E-state index < -0.39 is 0 Å². The van der Waals surface area contributed by atoms with Gasteiger partial charge < -0.3 is 0 Å². The zero-order chi connectivity index (χ0) is 11.5. The van der Waals surface area contributed by atoms with Gasteiger partial charge in [0.05, 0.1) is 8.67 Å². The number of pyridine rings is 1. The highest BCUT2D eigenvalue weighted by atomic mass is 79.9. The van der Waals surface area contributed by atoms with Gasteiger partial charge in [-0.05, 0) is 35.7 Å². The number of aromatic nitrogens is 1. The second-order valence-electron chi connectivity index (χ2n) is 3.31. The first-order valence-electron chi connectivity index (χ1n) is 4.64. The Morgan fingerprint density at radius 2 is 2.00 bits per heavy atom. The number of hydrogen-bond donors (Lipinski definition) is 0. The quantitative estimate of drug-likeness (QED) is 0.708. The Morgan fingerprint density at radius 3 is 2.56 bits per heavy atom. The topological polar surface area (TPSA) is 12.9 Å². The predicted molar refractivity (Wildman–Crippen MR) is 73.9 cm³/mol. The SMILES string of the molecule is Clc1cc(C(Br)Cc2ccncc2)c(Cl)s1. The van der Waals surface area contributed by atoms with Crippen molar-refractivity contribution in [3.8, 4) is 0 Å². The minimum absolute atomic E-state index is 0.186. The maximum atomic E-state index is 6.10. The van der Waals surface area contributed by atoms with Crippen LogP contribution in [0.15, 0.2) is 30.6 Å². The molecule has 0 N–H and O–H groups in total. The third kappa shape index (κ3) is 2.98. The molecule has 0 aliphatic rings. The standard InChI is InChI=1S/C11H8BrCl2NS/c12-9(5-7-1-3-15-4-2-7)8-6-10(13)16-11(8)14/h1-4,6,9H,5H2. The predicted octanol–water partition coefficient (Wildman–Crippen LogP) is 5.13. The number of halogens is 3. The van der Waals surface area contributed by atoms with Crippen molar-refractivity contribution in [2.75, 3.05) is 0 Å². The highest BCUT2D eigenvalue weighted by molar-refractivity contribution is 9.09. The summed E-state index contributed by atoms with van der Waals surface area (Å²) in [4.78, 5) is 4.17. The van der Waals surface area contributed by atoms with Crippen molar-refractivity contribution in [2.45, 2.75) is 11.2 Å². The summed E-state index contributed by atoms with van der Waals surface area (Å²) in [7, 11) is 0. The number of hydrogen-bond acceptors (Lipinski definition) is 2. The summed E-state index contributed by atoms with van der Waals surface area (Å²) >= 11 is 17.0. The molecule has 0 aliphatic carbocycles. The smallest absolute Gasteiger partial charge is 0.0987 e. The molecule has 0 amide bonds. The number of nitrogens with zero attached hydrogens (tertiary/aromatic N) is 1. The van der Waals surface area contributed by atoms with Gasteiger partial charge in [0.1, 0.15) is 0 Å². The Kier molecular flexibility index (Phi) is 4.25. The van der Waals surface area contributed by atoms with Crippen LogP contribution < -0.4 is 0 Å². The van der Waals surface area contributed by atoms with Crippen molar-refractivity contribution >= 4 is 50.5 Å². The summed E-state index contributed by atoms with van der Waals surface area (Å²) in [6.07, 6.45) is 4.45. The lowest BCUT2D eigenvalue weighted by molar-refractivity contribution is 0.950. The van der Waals surface area contributed by atoms with Crippen LogP contribution in [0, 0.1) is 0 Å². The van der Waals surface area contributed by atoms with Crippen molar-refractivity contribution in [1.82, 2.24) is 4.98 Å². The second-order valence-corrected chi connectivity index (χ2v) is 6.70. The normalized spacial score (nSPS) is 12.7. The first-order chi connectivity index (χ1) is 7.66. The minimum atomic E-state index is 0.186. The Balaban J connectivity index is 2.14. The molecule has 2 heterocycles. The molecular formula is C11H8BrCl2NS. The van der Waals surface area contributed by atoms with Crippen LogP contribution in [-0.4, -0.2) is 4.98 Å². The van der Waals surface area contributed by atoms with Gasteiger partial charge in [-0.25, -0.2) is 0 Å². The summed E-state index contributed by atoms with van der Waals surface area (Å²) in [6, 6.07) is 5.90. The van der Waals surface area contributed by atoms with Gasteiger partial charge in [0.2, 0.25) is 0 Å². The average molecular weight is 337 g/mol. The van der Waals surface area contributed by atoms with E-state index in [0.29, 0.717) is 0 Å². The number of rotatable bonds is 3. The Bertz CT molecular complexity index is 472. The van der Waals surface area contributed by atoms with Gasteiger partial charge in [0.15, 0.2) is 0 Å². The molecule has 2 aromatic rings. The second kappa shape index (κ2) is 5.50. The molecule has 2 aromatic heterocycles. The molecule has 84 valence electrons. The highest BCUT2D eigenvalue weighted by Gasteiger charge is 2.15. The molecule has 5 heteroatoms. The Labute approximate surface area is 117 Å². The van der Waals surface area contributed by atoms with E-state index >= 15 is 0 Å². The first-order valence-corrected chi connectivity index (χ1v) is 7.13. The average Bonchev–Trinajstić information content (AvgIpc) is 2.59. The van der Waals surface area contributed by atoms with Gasteiger partial charge in [-0.1, -0.05) is 39.1 Å². The fourth-order valence-electron chi connectivity index (χ4n) is 1.40. The fraction of sp³-hybridized carbons (Fsp3) is 0.182. The van der Waals surface area contributed by atoms with Crippen molar-refractivity contribution in [1.29, 1.82) is 0 Å². The van der Waals surface area contributed by atoms with Crippen molar-refractivity contribution in [2.24, 2.45) is 0 Å². The van der Waals surface area contributed by atoms with Crippen LogP contribution in [0.5, 0.6) is 0 Å². The third-order valence-electron chi connectivity index (χ3n) is 2.18. The van der Waals surface area contributed by atoms with E-state index in [0.717, 1.165) is 20.7 Å². The van der Waals surface area contributed by atoms with Crippen molar-refractivity contribution < 1.29 is 0 Å². The van der Waals surface area contributed by atoms with E-state index in [1.165, 1.54) is 16.9 Å². The van der Waals surface area contributed by atoms with Gasteiger partial charge in [0.25, 0.3) is 0 Å². The molecule has 16 heavy (non-hydrogen) atoms. The van der Waals surface area contributed by atoms with E-state index in [1.54, 1.807) is 12.4 Å². The fourth-order valence-corrected chi connectivity index (χ4v) is 4.00. The van der Waals surface area contributed by atoms with E-state index in [2.05, 4.69) is 20.9 Å². The zero-order valence-corrected chi connectivity index (χ0v) is 12.1. The molecule has 0 spiro atoms. The zero-order valence-electron chi connectivity index (χ0n) is 8.16. The molecular weight excluding hydrogens is 329 g/mol. The van der Waals surface area contributed by atoms with Crippen LogP contribution in [0.1, 0.15) is 16.0 Å². The van der Waals surface area contributed by atoms with Gasteiger partial charge >= 0.3 is 0 Å². The number of alkyl halides is 1. The van der Waals surface area contributed by atoms with Crippen LogP contribution >= 0.6 is 50.5 Å². The maximum absolute atomic E-state index is 6.10. The summed E-state index contributed by atoms with van der Waals surface area (Å²) in [6.45, 7) is 0. The molecule has 0 aromatic carbocycles. The lowest BCUT2D eigenvalue weighted by atomic mass is 10.1. The summed E-state index contributed by atoms with van der Waals surface area (Å²) in [5.74, 6) is 0. The Hall–Kier alpha value is -0.0900. The van der Waals surface area contributed by atoms with Gasteiger partial charge in [-0.3, -0.25) is 4.98 Å². The lowest BCUT2D eigenvalue weighted by Gasteiger charge is -2.08. The molecule has 0 bridgehead atoms. The van der Waals surface area contributed by atoms with Crippen LogP contribution in [0.2, 0.25) is 8.67 Å². The Morgan fingerprint density at radius 1 is 1.31 bits per heavy atom. The molecule has 2 rings (SSSR count). The van der Waals surface area contributed by atoms with Crippen LogP contribution in [-0.2, 0) is 6.42 Å². The molecule has 1 unspecified atom stereocenters.